The van der Waals surface area contributed by atoms with Crippen molar-refractivity contribution < 1.29 is 166 Å². The molecule has 21 aliphatic heterocycles. The lowest BCUT2D eigenvalue weighted by Crippen LogP contribution is -2.69. The molecular formula is C69H124N2O35S. The molecule has 37 nitrogen and oxygen atoms in total. The van der Waals surface area contributed by atoms with Crippen molar-refractivity contribution in [2.45, 2.75) is 241 Å². The van der Waals surface area contributed by atoms with E-state index < -0.39 is 221 Å². The molecule has 21 saturated heterocycles. The van der Waals surface area contributed by atoms with Crippen LogP contribution < -0.4 is 10.6 Å². The van der Waals surface area contributed by atoms with Gasteiger partial charge in [-0.15, -0.1) is 0 Å². The van der Waals surface area contributed by atoms with Crippen LogP contribution in [-0.2, 0) is 161 Å². The van der Waals surface area contributed by atoms with Gasteiger partial charge < -0.3 is 172 Å². The number of nitrogens with one attached hydrogen (secondary N) is 2. The molecule has 0 spiro atoms. The van der Waals surface area contributed by atoms with Gasteiger partial charge in [0.1, 0.15) is 171 Å². The standard InChI is InChI=1S/C69H124N2O35S/c1-73-28-35-42-49(80-8)57(88-16)64(95-35)103-44-37(30-75-3)97-66(59(90-18)51(44)82-10)105-46-39(32-77-5)99-68(61(92-20)53(46)84-12)106-47-40(33-78-6)98-67(60(91-19)54(47)85-13)104-45-38(31-76-4)96-65(58(89-17)52(45)83-11)102-43-36(29-74-2)94-63(56(87-15)50(43)81-9)100-41-34(93-62(101-42)55(86-14)48(41)79-7)27-71-69(72)70-25-23-21-22-24-26-107/h34-68,107H,21-33H2,1-20H3,(H2,70,71,72)/t34-,35-,36-,37-,38-,39-,40-,41+,42+,43+,44+,45+,46+,47+,48-,49-,50-,51-,52-,53-,54-,55-,56-,57-,58-,59-,60-,61-,62-,63-,64-,65-,66-,67-,68-/m1/s1. The van der Waals surface area contributed by atoms with Gasteiger partial charge in [0.15, 0.2) is 44.0 Å². The summed E-state index contributed by atoms with van der Waals surface area (Å²) in [5, 5.41) is 5.96. The molecule has 626 valence electrons. The quantitative estimate of drug-likeness (QED) is 0.0547. The third kappa shape index (κ3) is 21.5. The highest BCUT2D eigenvalue weighted by molar-refractivity contribution is 7.80. The highest BCUT2D eigenvalue weighted by atomic mass is 32.1. The fourth-order valence-corrected chi connectivity index (χ4v) is 16.0. The Balaban J connectivity index is 1.24. The van der Waals surface area contributed by atoms with Crippen molar-refractivity contribution in [2.24, 2.45) is 0 Å². The Hall–Kier alpha value is -1.74. The first-order valence-corrected chi connectivity index (χ1v) is 36.8. The van der Waals surface area contributed by atoms with Gasteiger partial charge in [-0.05, 0) is 18.6 Å². The highest BCUT2D eigenvalue weighted by Crippen LogP contribution is 2.43. The Kier molecular flexibility index (Phi) is 39.1. The molecule has 38 heteroatoms. The zero-order valence-electron chi connectivity index (χ0n) is 65.6. The number of methoxy groups -OCH3 is 20. The lowest BCUT2D eigenvalue weighted by Gasteiger charge is -2.52. The Morgan fingerprint density at radius 1 is 0.243 bits per heavy atom. The predicted molar refractivity (Wildman–Crippen MR) is 371 cm³/mol. The van der Waals surface area contributed by atoms with E-state index in [9.17, 15) is 4.79 Å². The molecule has 0 aliphatic carbocycles. The molecule has 0 aromatic rings. The van der Waals surface area contributed by atoms with Crippen molar-refractivity contribution in [3.63, 3.8) is 0 Å². The summed E-state index contributed by atoms with van der Waals surface area (Å²) < 4.78 is 222. The third-order valence-electron chi connectivity index (χ3n) is 20.8. The summed E-state index contributed by atoms with van der Waals surface area (Å²) in [7, 11) is 30.0. The van der Waals surface area contributed by atoms with E-state index in [0.29, 0.717) is 6.54 Å². The molecule has 0 saturated carbocycles. The first kappa shape index (κ1) is 90.8. The zero-order chi connectivity index (χ0) is 77.4. The molecule has 0 aromatic carbocycles. The Morgan fingerprint density at radius 3 is 0.617 bits per heavy atom. The average molecular weight is 1570 g/mol. The molecule has 0 aromatic heterocycles. The van der Waals surface area contributed by atoms with Crippen LogP contribution >= 0.6 is 12.6 Å². The predicted octanol–water partition coefficient (Wildman–Crippen LogP) is -0.352. The first-order chi connectivity index (χ1) is 52.1. The van der Waals surface area contributed by atoms with Gasteiger partial charge in [-0.1, -0.05) is 12.8 Å². The number of hydrogen-bond acceptors (Lipinski definition) is 36. The molecule has 14 bridgehead atoms. The van der Waals surface area contributed by atoms with Crippen molar-refractivity contribution in [3.05, 3.63) is 0 Å². The fraction of sp³-hybridized carbons (Fsp3) is 0.986. The van der Waals surface area contributed by atoms with E-state index in [1.807, 2.05) is 0 Å². The smallest absolute Gasteiger partial charge is 0.314 e. The minimum absolute atomic E-state index is 0.0514. The minimum atomic E-state index is -1.33. The second-order valence-electron chi connectivity index (χ2n) is 26.8. The van der Waals surface area contributed by atoms with Crippen LogP contribution in [-0.4, -0.2) is 422 Å². The van der Waals surface area contributed by atoms with Crippen molar-refractivity contribution in [1.29, 1.82) is 0 Å². The summed E-state index contributed by atoms with van der Waals surface area (Å²) in [5.41, 5.74) is 0. The van der Waals surface area contributed by atoms with Gasteiger partial charge in [-0.3, -0.25) is 0 Å². The zero-order valence-corrected chi connectivity index (χ0v) is 66.5. The van der Waals surface area contributed by atoms with Gasteiger partial charge in [0, 0.05) is 155 Å². The molecule has 2 N–H and O–H groups in total. The molecule has 21 aliphatic rings. The summed E-state index contributed by atoms with van der Waals surface area (Å²) in [6.45, 7) is -0.150. The fourth-order valence-electron chi connectivity index (χ4n) is 15.8. The van der Waals surface area contributed by atoms with Crippen LogP contribution in [0.25, 0.3) is 0 Å². The number of unbranched alkanes of at least 4 members (excludes halogenated alkanes) is 3. The molecule has 2 amide bonds. The summed E-state index contributed by atoms with van der Waals surface area (Å²) in [6, 6.07) is -0.468. The molecule has 0 unspecified atom stereocenters. The van der Waals surface area contributed by atoms with Crippen LogP contribution in [0.5, 0.6) is 0 Å². The summed E-state index contributed by atoms with van der Waals surface area (Å²) in [6.07, 6.45) is -34.1. The minimum Gasteiger partial charge on any atom is -0.382 e. The summed E-state index contributed by atoms with van der Waals surface area (Å²) >= 11 is 4.35. The molecular weight excluding hydrogens is 1450 g/mol. The lowest BCUT2D eigenvalue weighted by molar-refractivity contribution is -0.402. The maximum absolute atomic E-state index is 13.8. The van der Waals surface area contributed by atoms with Crippen LogP contribution in [0.3, 0.4) is 0 Å². The van der Waals surface area contributed by atoms with Crippen molar-refractivity contribution in [1.82, 2.24) is 10.6 Å². The maximum Gasteiger partial charge on any atom is 0.314 e. The van der Waals surface area contributed by atoms with E-state index in [4.69, 9.17) is 161 Å². The SMILES string of the molecule is COC[C@H]1O[C@@H]2O[C@@H]3[C@@H](OC)[C@@H](OC)[C@@H](O[C@@H]4[C@@H](OC)[C@@H](OC)[C@@H](O[C@@H]5[C@@H](OC)[C@@H](OC)[C@@H](O[C@@H]6[C@@H](OC)[C@@H](OC)[C@@H](O[C@@H]7[C@@H](OC)[C@@H](OC)[C@@H](O[C@@H]8[C@@H](OC)[C@@H](OC)[C@@H](O[C@@H]1[C@@H](OC)[C@H]2OC)O[C@@H]8CNC(=O)NCCCCCCS)O[C@@H]7COC)O[C@@H]6COC)O[C@@H]5COC)O[C@@H]4COC)O[C@@H]3COC. The Morgan fingerprint density at radius 2 is 0.430 bits per heavy atom. The number of amides is 2. The normalized spacial score (nSPS) is 43.1. The van der Waals surface area contributed by atoms with Crippen molar-refractivity contribution in [2.75, 3.05) is 201 Å². The Labute approximate surface area is 634 Å². The number of carbonyl (C=O) groups excluding carboxylic acids is 1. The van der Waals surface area contributed by atoms with E-state index in [1.54, 1.807) is 0 Å². The number of rotatable bonds is 34. The van der Waals surface area contributed by atoms with E-state index in [1.165, 1.54) is 142 Å². The van der Waals surface area contributed by atoms with Crippen LogP contribution in [0.2, 0.25) is 0 Å². The number of urea groups is 1. The van der Waals surface area contributed by atoms with Crippen molar-refractivity contribution in [3.8, 4) is 0 Å². The van der Waals surface area contributed by atoms with Gasteiger partial charge >= 0.3 is 6.03 Å². The molecule has 21 rings (SSSR count). The largest absolute Gasteiger partial charge is 0.382 e. The number of ether oxygens (including phenoxy) is 34. The van der Waals surface area contributed by atoms with E-state index >= 15 is 0 Å². The van der Waals surface area contributed by atoms with E-state index in [2.05, 4.69) is 23.3 Å². The van der Waals surface area contributed by atoms with E-state index in [0.717, 1.165) is 31.4 Å². The summed E-state index contributed by atoms with van der Waals surface area (Å²) in [4.78, 5) is 13.8. The molecule has 21 heterocycles. The summed E-state index contributed by atoms with van der Waals surface area (Å²) in [5.74, 6) is 0.774. The molecule has 35 atom stereocenters. The van der Waals surface area contributed by atoms with Gasteiger partial charge in [-0.25, -0.2) is 4.79 Å². The molecule has 107 heavy (non-hydrogen) atoms. The molecule has 0 radical (unpaired) electrons. The topological polar surface area (TPSA) is 355 Å². The maximum atomic E-state index is 13.8. The first-order valence-electron chi connectivity index (χ1n) is 36.2. The second-order valence-corrected chi connectivity index (χ2v) is 27.3. The van der Waals surface area contributed by atoms with Gasteiger partial charge in [0.2, 0.25) is 0 Å². The van der Waals surface area contributed by atoms with Gasteiger partial charge in [-0.2, -0.15) is 12.6 Å². The lowest BCUT2D eigenvalue weighted by atomic mass is 9.94. The number of carbonyl (C=O) groups is 1. The van der Waals surface area contributed by atoms with Gasteiger partial charge in [0.05, 0.1) is 39.6 Å². The van der Waals surface area contributed by atoms with Gasteiger partial charge in [0.25, 0.3) is 0 Å². The highest BCUT2D eigenvalue weighted by Gasteiger charge is 2.62. The van der Waals surface area contributed by atoms with Crippen LogP contribution in [0.15, 0.2) is 0 Å². The number of thiol groups is 1. The van der Waals surface area contributed by atoms with Crippen molar-refractivity contribution >= 4 is 18.7 Å². The molecule has 21 fully saturated rings. The average Bonchev–Trinajstić information content (AvgIpc) is 0.781. The van der Waals surface area contributed by atoms with E-state index in [-0.39, 0.29) is 46.2 Å². The van der Waals surface area contributed by atoms with Crippen LogP contribution in [0, 0.1) is 0 Å². The number of hydrogen-bond donors (Lipinski definition) is 3. The second kappa shape index (κ2) is 46.1. The third-order valence-corrected chi connectivity index (χ3v) is 21.1. The monoisotopic (exact) mass is 1570 g/mol. The Bertz CT molecular complexity index is 2440. The van der Waals surface area contributed by atoms with Crippen LogP contribution in [0.1, 0.15) is 25.7 Å². The van der Waals surface area contributed by atoms with Crippen LogP contribution in [0.4, 0.5) is 4.79 Å².